The van der Waals surface area contributed by atoms with Gasteiger partial charge in [-0.25, -0.2) is 4.98 Å². The number of thiophene rings is 1. The third kappa shape index (κ3) is 5.67. The smallest absolute Gasteiger partial charge is 0.263 e. The van der Waals surface area contributed by atoms with Crippen LogP contribution in [-0.2, 0) is 30.7 Å². The van der Waals surface area contributed by atoms with Crippen LogP contribution >= 0.6 is 23.1 Å². The van der Waals surface area contributed by atoms with Crippen LogP contribution < -0.4 is 10.9 Å². The molecule has 176 valence electrons. The molecule has 2 heterocycles. The lowest BCUT2D eigenvalue weighted by molar-refractivity contribution is -0.118. The van der Waals surface area contributed by atoms with Crippen molar-refractivity contribution in [3.8, 4) is 0 Å². The lowest BCUT2D eigenvalue weighted by Gasteiger charge is -2.15. The Kier molecular flexibility index (Phi) is 7.88. The van der Waals surface area contributed by atoms with E-state index in [0.29, 0.717) is 18.2 Å². The van der Waals surface area contributed by atoms with E-state index in [4.69, 9.17) is 4.98 Å². The normalized spacial score (nSPS) is 13.5. The Morgan fingerprint density at radius 2 is 2.03 bits per heavy atom. The van der Waals surface area contributed by atoms with Gasteiger partial charge in [0.15, 0.2) is 5.16 Å². The molecule has 0 unspecified atom stereocenters. The Labute approximate surface area is 203 Å². The predicted molar refractivity (Wildman–Crippen MR) is 137 cm³/mol. The van der Waals surface area contributed by atoms with Crippen LogP contribution in [0, 0.1) is 6.92 Å². The molecule has 0 bridgehead atoms. The summed E-state index contributed by atoms with van der Waals surface area (Å²) in [4.78, 5) is 35.3. The maximum absolute atomic E-state index is 13.6. The topological polar surface area (TPSA) is 67.2 Å². The van der Waals surface area contributed by atoms with Crippen LogP contribution in [0.15, 0.2) is 34.2 Å². The lowest BCUT2D eigenvalue weighted by atomic mass is 9.97. The van der Waals surface area contributed by atoms with E-state index >= 15 is 0 Å². The molecule has 1 aliphatic carbocycles. The molecule has 1 amide bonds. The number of carbonyl (C=O) groups excluding carboxylic acids is 1. The van der Waals surface area contributed by atoms with E-state index in [9.17, 15) is 9.59 Å². The van der Waals surface area contributed by atoms with Gasteiger partial charge >= 0.3 is 0 Å². The number of hydrogen-bond donors (Lipinski definition) is 1. The van der Waals surface area contributed by atoms with Crippen molar-refractivity contribution >= 4 is 39.2 Å². The first-order valence-corrected chi connectivity index (χ1v) is 13.4. The molecule has 1 aliphatic rings. The van der Waals surface area contributed by atoms with E-state index in [1.807, 2.05) is 45.3 Å². The molecule has 0 saturated carbocycles. The minimum absolute atomic E-state index is 0.0529. The molecule has 0 atom stereocenters. The summed E-state index contributed by atoms with van der Waals surface area (Å²) in [6.45, 7) is 4.05. The average Bonchev–Trinajstić information content (AvgIpc) is 3.17. The van der Waals surface area contributed by atoms with Crippen molar-refractivity contribution in [1.82, 2.24) is 19.8 Å². The van der Waals surface area contributed by atoms with Gasteiger partial charge < -0.3 is 10.2 Å². The zero-order valence-electron chi connectivity index (χ0n) is 19.6. The summed E-state index contributed by atoms with van der Waals surface area (Å²) in [6.07, 6.45) is 5.19. The van der Waals surface area contributed by atoms with Gasteiger partial charge in [0.25, 0.3) is 5.56 Å². The second-order valence-corrected chi connectivity index (χ2v) is 10.9. The van der Waals surface area contributed by atoms with E-state index in [1.165, 1.54) is 28.6 Å². The monoisotopic (exact) mass is 484 g/mol. The van der Waals surface area contributed by atoms with Crippen molar-refractivity contribution in [2.75, 3.05) is 26.4 Å². The van der Waals surface area contributed by atoms with E-state index in [1.54, 1.807) is 15.9 Å². The Hall–Kier alpha value is -2.16. The van der Waals surface area contributed by atoms with Crippen molar-refractivity contribution in [3.63, 3.8) is 0 Å². The maximum Gasteiger partial charge on any atom is 0.263 e. The Morgan fingerprint density at radius 3 is 2.82 bits per heavy atom. The van der Waals surface area contributed by atoms with Crippen LogP contribution in [0.5, 0.6) is 0 Å². The molecule has 0 radical (unpaired) electrons. The van der Waals surface area contributed by atoms with Gasteiger partial charge in [-0.15, -0.1) is 11.3 Å². The number of aryl methyl sites for hydroxylation is 3. The molecule has 33 heavy (non-hydrogen) atoms. The summed E-state index contributed by atoms with van der Waals surface area (Å²) in [7, 11) is 4.07. The largest absolute Gasteiger partial charge is 0.351 e. The number of nitrogens with zero attached hydrogens (tertiary/aromatic N) is 3. The number of hydrogen-bond acceptors (Lipinski definition) is 6. The number of aromatic nitrogens is 2. The first-order chi connectivity index (χ1) is 15.9. The molecule has 0 saturated heterocycles. The van der Waals surface area contributed by atoms with Gasteiger partial charge in [-0.2, -0.15) is 0 Å². The minimum Gasteiger partial charge on any atom is -0.351 e. The standard InChI is InChI=1S/C25H32N4O2S2/c1-17-9-4-5-10-18(17)15-26-21(30)16-32-25-27-23-22(19-11-6-7-12-20(19)33-23)24(31)29(25)14-8-13-28(2)3/h4-5,9-10H,6-8,11-16H2,1-3H3,(H,26,30). The SMILES string of the molecule is Cc1ccccc1CNC(=O)CSc1nc2sc3c(c2c(=O)n1CCCN(C)C)CCCC3. The van der Waals surface area contributed by atoms with E-state index in [-0.39, 0.29) is 17.2 Å². The summed E-state index contributed by atoms with van der Waals surface area (Å²) in [5, 5.41) is 4.46. The molecule has 0 aliphatic heterocycles. The number of thioether (sulfide) groups is 1. The van der Waals surface area contributed by atoms with Gasteiger partial charge in [0.2, 0.25) is 5.91 Å². The van der Waals surface area contributed by atoms with E-state index in [2.05, 4.69) is 10.2 Å². The van der Waals surface area contributed by atoms with Crippen LogP contribution in [0.1, 0.15) is 40.8 Å². The maximum atomic E-state index is 13.6. The molecule has 3 aromatic rings. The number of carbonyl (C=O) groups is 1. The second-order valence-electron chi connectivity index (χ2n) is 8.89. The van der Waals surface area contributed by atoms with Gasteiger partial charge in [-0.1, -0.05) is 36.0 Å². The zero-order valence-corrected chi connectivity index (χ0v) is 21.3. The first-order valence-electron chi connectivity index (χ1n) is 11.6. The molecule has 8 heteroatoms. The Balaban J connectivity index is 1.54. The van der Waals surface area contributed by atoms with Crippen molar-refractivity contribution in [2.45, 2.75) is 57.3 Å². The highest BCUT2D eigenvalue weighted by molar-refractivity contribution is 7.99. The summed E-state index contributed by atoms with van der Waals surface area (Å²) < 4.78 is 1.80. The predicted octanol–water partition coefficient (Wildman–Crippen LogP) is 4.01. The molecular formula is C25H32N4O2S2. The van der Waals surface area contributed by atoms with Crippen LogP contribution in [-0.4, -0.2) is 46.8 Å². The van der Waals surface area contributed by atoms with Gasteiger partial charge in [-0.3, -0.25) is 14.2 Å². The fourth-order valence-corrected chi connectivity index (χ4v) is 6.41. The number of benzene rings is 1. The third-order valence-corrected chi connectivity index (χ3v) is 8.26. The third-order valence-electron chi connectivity index (χ3n) is 6.10. The number of rotatable bonds is 9. The highest BCUT2D eigenvalue weighted by Crippen LogP contribution is 2.34. The molecule has 2 aromatic heterocycles. The summed E-state index contributed by atoms with van der Waals surface area (Å²) in [5.41, 5.74) is 3.54. The molecule has 0 spiro atoms. The summed E-state index contributed by atoms with van der Waals surface area (Å²) in [5.74, 6) is 0.186. The highest BCUT2D eigenvalue weighted by atomic mass is 32.2. The van der Waals surface area contributed by atoms with Crippen molar-refractivity contribution in [3.05, 3.63) is 56.2 Å². The average molecular weight is 485 g/mol. The van der Waals surface area contributed by atoms with Crippen LogP contribution in [0.2, 0.25) is 0 Å². The van der Waals surface area contributed by atoms with Gasteiger partial charge in [-0.05, 0) is 76.4 Å². The molecule has 1 aromatic carbocycles. The van der Waals surface area contributed by atoms with Crippen LogP contribution in [0.25, 0.3) is 10.2 Å². The van der Waals surface area contributed by atoms with E-state index in [0.717, 1.165) is 53.6 Å². The zero-order chi connectivity index (χ0) is 23.4. The number of fused-ring (bicyclic) bond motifs is 3. The quantitative estimate of drug-likeness (QED) is 0.367. The van der Waals surface area contributed by atoms with Crippen LogP contribution in [0.4, 0.5) is 0 Å². The van der Waals surface area contributed by atoms with Crippen molar-refractivity contribution in [2.24, 2.45) is 0 Å². The number of nitrogens with one attached hydrogen (secondary N) is 1. The molecule has 1 N–H and O–H groups in total. The van der Waals surface area contributed by atoms with Gasteiger partial charge in [0, 0.05) is 18.0 Å². The number of amides is 1. The Morgan fingerprint density at radius 1 is 1.24 bits per heavy atom. The Bertz CT molecular complexity index is 1200. The van der Waals surface area contributed by atoms with Crippen molar-refractivity contribution < 1.29 is 4.79 Å². The minimum atomic E-state index is -0.0529. The van der Waals surface area contributed by atoms with Crippen molar-refractivity contribution in [1.29, 1.82) is 0 Å². The molecule has 4 rings (SSSR count). The second kappa shape index (κ2) is 10.8. The molecular weight excluding hydrogens is 452 g/mol. The van der Waals surface area contributed by atoms with Gasteiger partial charge in [0.1, 0.15) is 4.83 Å². The fraction of sp³-hybridized carbons (Fsp3) is 0.480. The molecule has 0 fully saturated rings. The first kappa shape index (κ1) is 24.0. The van der Waals surface area contributed by atoms with Crippen LogP contribution in [0.3, 0.4) is 0 Å². The summed E-state index contributed by atoms with van der Waals surface area (Å²) >= 11 is 3.02. The van der Waals surface area contributed by atoms with Gasteiger partial charge in [0.05, 0.1) is 11.1 Å². The lowest BCUT2D eigenvalue weighted by Crippen LogP contribution is -2.28. The highest BCUT2D eigenvalue weighted by Gasteiger charge is 2.22. The van der Waals surface area contributed by atoms with E-state index < -0.39 is 0 Å². The molecule has 6 nitrogen and oxygen atoms in total. The summed E-state index contributed by atoms with van der Waals surface area (Å²) in [6, 6.07) is 8.05. The fourth-order valence-electron chi connectivity index (χ4n) is 4.26.